The molecule has 0 saturated heterocycles. The minimum absolute atomic E-state index is 0.0533. The van der Waals surface area contributed by atoms with Crippen molar-refractivity contribution in [2.75, 3.05) is 0 Å². The molecule has 0 fully saturated rings. The van der Waals surface area contributed by atoms with Gasteiger partial charge in [-0.05, 0) is 35.9 Å². The number of hydrogen-bond acceptors (Lipinski definition) is 5. The van der Waals surface area contributed by atoms with Gasteiger partial charge in [0.25, 0.3) is 17.5 Å². The Balaban J connectivity index is 1.58. The number of nitrogens with one attached hydrogen (secondary N) is 2. The van der Waals surface area contributed by atoms with Crippen LogP contribution in [0.25, 0.3) is 10.8 Å². The molecule has 0 bridgehead atoms. The van der Waals surface area contributed by atoms with Crippen molar-refractivity contribution in [3.05, 3.63) is 82.4 Å². The molecule has 2 amide bonds. The summed E-state index contributed by atoms with van der Waals surface area (Å²) in [5, 5.41) is 12.8. The van der Waals surface area contributed by atoms with E-state index in [2.05, 4.69) is 10.9 Å². The van der Waals surface area contributed by atoms with Crippen LogP contribution < -0.4 is 15.6 Å². The first-order chi connectivity index (χ1) is 13.4. The Hall–Kier alpha value is -3.94. The molecule has 142 valence electrons. The van der Waals surface area contributed by atoms with E-state index in [4.69, 9.17) is 4.74 Å². The Labute approximate surface area is 160 Å². The van der Waals surface area contributed by atoms with Crippen LogP contribution in [0.3, 0.4) is 0 Å². The fourth-order valence-corrected chi connectivity index (χ4v) is 2.55. The second kappa shape index (κ2) is 8.17. The predicted molar refractivity (Wildman–Crippen MR) is 103 cm³/mol. The van der Waals surface area contributed by atoms with Crippen molar-refractivity contribution in [2.45, 2.75) is 13.0 Å². The van der Waals surface area contributed by atoms with E-state index >= 15 is 0 Å². The van der Waals surface area contributed by atoms with E-state index in [0.29, 0.717) is 5.75 Å². The highest BCUT2D eigenvalue weighted by Crippen LogP contribution is 2.21. The second-order valence-corrected chi connectivity index (χ2v) is 6.02. The average molecular weight is 379 g/mol. The van der Waals surface area contributed by atoms with Gasteiger partial charge in [0.15, 0.2) is 6.10 Å². The Bertz CT molecular complexity index is 1050. The summed E-state index contributed by atoms with van der Waals surface area (Å²) in [6.45, 7) is 1.55. The molecule has 2 N–H and O–H groups in total. The molecule has 0 aliphatic carbocycles. The maximum absolute atomic E-state index is 12.2. The van der Waals surface area contributed by atoms with Crippen molar-refractivity contribution in [3.8, 4) is 5.75 Å². The zero-order valence-electron chi connectivity index (χ0n) is 14.9. The number of carbonyl (C=O) groups is 2. The van der Waals surface area contributed by atoms with Crippen molar-refractivity contribution < 1.29 is 19.2 Å². The molecule has 3 rings (SSSR count). The van der Waals surface area contributed by atoms with Crippen LogP contribution >= 0.6 is 0 Å². The third-order valence-electron chi connectivity index (χ3n) is 4.02. The largest absolute Gasteiger partial charge is 0.481 e. The molecular weight excluding hydrogens is 362 g/mol. The zero-order valence-corrected chi connectivity index (χ0v) is 14.9. The maximum Gasteiger partial charge on any atom is 0.279 e. The first-order valence-corrected chi connectivity index (χ1v) is 8.44. The fourth-order valence-electron chi connectivity index (χ4n) is 2.55. The Morgan fingerprint density at radius 1 is 0.964 bits per heavy atom. The van der Waals surface area contributed by atoms with Gasteiger partial charge in [-0.2, -0.15) is 0 Å². The molecule has 0 spiro atoms. The first-order valence-electron chi connectivity index (χ1n) is 8.44. The van der Waals surface area contributed by atoms with Crippen molar-refractivity contribution in [1.29, 1.82) is 0 Å². The number of fused-ring (bicyclic) bond motifs is 1. The minimum atomic E-state index is -0.869. The van der Waals surface area contributed by atoms with Gasteiger partial charge >= 0.3 is 0 Å². The van der Waals surface area contributed by atoms with E-state index in [1.807, 2.05) is 36.4 Å². The van der Waals surface area contributed by atoms with Crippen molar-refractivity contribution in [1.82, 2.24) is 10.9 Å². The van der Waals surface area contributed by atoms with Gasteiger partial charge in [-0.3, -0.25) is 30.6 Å². The van der Waals surface area contributed by atoms with E-state index in [1.165, 1.54) is 18.2 Å². The second-order valence-electron chi connectivity index (χ2n) is 6.02. The summed E-state index contributed by atoms with van der Waals surface area (Å²) in [5.74, 6) is -0.715. The standard InChI is InChI=1S/C20H17N3O5/c1-13(28-18-10-9-14-5-2-3-6-15(14)12-18)19(24)21-22-20(25)16-7-4-8-17(11-16)23(26)27/h2-13H,1H3,(H,21,24)(H,22,25)/t13-/m1/s1. The summed E-state index contributed by atoms with van der Waals surface area (Å²) in [7, 11) is 0. The zero-order chi connectivity index (χ0) is 20.1. The lowest BCUT2D eigenvalue weighted by molar-refractivity contribution is -0.384. The van der Waals surface area contributed by atoms with Crippen molar-refractivity contribution >= 4 is 28.3 Å². The molecule has 8 heteroatoms. The molecule has 0 aromatic heterocycles. The van der Waals surface area contributed by atoms with Gasteiger partial charge < -0.3 is 4.74 Å². The molecule has 1 atom stereocenters. The quantitative estimate of drug-likeness (QED) is 0.523. The number of rotatable bonds is 5. The number of amides is 2. The van der Waals surface area contributed by atoms with Crippen molar-refractivity contribution in [2.24, 2.45) is 0 Å². The lowest BCUT2D eigenvalue weighted by Crippen LogP contribution is -2.47. The van der Waals surface area contributed by atoms with E-state index < -0.39 is 22.8 Å². The van der Waals surface area contributed by atoms with Crippen LogP contribution in [-0.2, 0) is 4.79 Å². The van der Waals surface area contributed by atoms with Crippen LogP contribution in [0, 0.1) is 10.1 Å². The normalized spacial score (nSPS) is 11.5. The van der Waals surface area contributed by atoms with Crippen LogP contribution in [0.4, 0.5) is 5.69 Å². The summed E-state index contributed by atoms with van der Waals surface area (Å²) in [5.41, 5.74) is 4.31. The van der Waals surface area contributed by atoms with Gasteiger partial charge in [0, 0.05) is 17.7 Å². The average Bonchev–Trinajstić information content (AvgIpc) is 2.71. The number of nitrogens with zero attached hydrogens (tertiary/aromatic N) is 1. The predicted octanol–water partition coefficient (Wildman–Crippen LogP) is 2.98. The van der Waals surface area contributed by atoms with Gasteiger partial charge in [-0.15, -0.1) is 0 Å². The third kappa shape index (κ3) is 4.42. The number of nitro groups is 1. The molecule has 0 aliphatic heterocycles. The number of carbonyl (C=O) groups excluding carboxylic acids is 2. The van der Waals surface area contributed by atoms with Crippen LogP contribution in [0.1, 0.15) is 17.3 Å². The Morgan fingerprint density at radius 3 is 2.46 bits per heavy atom. The Morgan fingerprint density at radius 2 is 1.71 bits per heavy atom. The smallest absolute Gasteiger partial charge is 0.279 e. The maximum atomic E-state index is 12.2. The molecule has 3 aromatic carbocycles. The minimum Gasteiger partial charge on any atom is -0.481 e. The number of benzene rings is 3. The molecule has 0 aliphatic rings. The Kier molecular flexibility index (Phi) is 5.50. The highest BCUT2D eigenvalue weighted by Gasteiger charge is 2.17. The summed E-state index contributed by atoms with van der Waals surface area (Å²) in [4.78, 5) is 34.4. The van der Waals surface area contributed by atoms with Crippen LogP contribution in [0.5, 0.6) is 5.75 Å². The number of hydrogen-bond donors (Lipinski definition) is 2. The monoisotopic (exact) mass is 379 g/mol. The summed E-state index contributed by atoms with van der Waals surface area (Å²) >= 11 is 0. The van der Waals surface area contributed by atoms with Gasteiger partial charge in [0.05, 0.1) is 4.92 Å². The molecule has 3 aromatic rings. The number of hydrazine groups is 1. The molecular formula is C20H17N3O5. The van der Waals surface area contributed by atoms with Gasteiger partial charge in [-0.1, -0.05) is 36.4 Å². The van der Waals surface area contributed by atoms with Gasteiger partial charge in [-0.25, -0.2) is 0 Å². The number of ether oxygens (including phenoxy) is 1. The molecule has 0 unspecified atom stereocenters. The molecule has 28 heavy (non-hydrogen) atoms. The highest BCUT2D eigenvalue weighted by molar-refractivity contribution is 5.96. The molecule has 0 heterocycles. The molecule has 8 nitrogen and oxygen atoms in total. The van der Waals surface area contributed by atoms with Gasteiger partial charge in [0.2, 0.25) is 0 Å². The van der Waals surface area contributed by atoms with E-state index in [1.54, 1.807) is 13.0 Å². The first kappa shape index (κ1) is 18.8. The molecule has 0 radical (unpaired) electrons. The lowest BCUT2D eigenvalue weighted by atomic mass is 10.1. The number of non-ortho nitro benzene ring substituents is 1. The van der Waals surface area contributed by atoms with Crippen LogP contribution in [0.15, 0.2) is 66.7 Å². The van der Waals surface area contributed by atoms with E-state index in [-0.39, 0.29) is 11.3 Å². The highest BCUT2D eigenvalue weighted by atomic mass is 16.6. The van der Waals surface area contributed by atoms with Crippen LogP contribution in [-0.4, -0.2) is 22.8 Å². The SMILES string of the molecule is C[C@@H](Oc1ccc2ccccc2c1)C(=O)NNC(=O)c1cccc([N+](=O)[O-])c1. The van der Waals surface area contributed by atoms with Crippen LogP contribution in [0.2, 0.25) is 0 Å². The van der Waals surface area contributed by atoms with Crippen molar-refractivity contribution in [3.63, 3.8) is 0 Å². The summed E-state index contributed by atoms with van der Waals surface area (Å²) < 4.78 is 5.62. The lowest BCUT2D eigenvalue weighted by Gasteiger charge is -2.15. The molecule has 0 saturated carbocycles. The van der Waals surface area contributed by atoms with E-state index in [0.717, 1.165) is 16.8 Å². The van der Waals surface area contributed by atoms with E-state index in [9.17, 15) is 19.7 Å². The topological polar surface area (TPSA) is 111 Å². The fraction of sp³-hybridized carbons (Fsp3) is 0.100. The number of nitro benzene ring substituents is 1. The summed E-state index contributed by atoms with van der Waals surface area (Å²) in [6.07, 6.45) is -0.869. The van der Waals surface area contributed by atoms with Gasteiger partial charge in [0.1, 0.15) is 5.75 Å². The summed E-state index contributed by atoms with van der Waals surface area (Å²) in [6, 6.07) is 18.4. The third-order valence-corrected chi connectivity index (χ3v) is 4.02.